The molecule has 1 N–H and O–H groups in total. The fraction of sp³-hybridized carbons (Fsp3) is 0.333. The summed E-state index contributed by atoms with van der Waals surface area (Å²) in [6.07, 6.45) is 2.45. The lowest BCUT2D eigenvalue weighted by Gasteiger charge is -2.23. The third-order valence-electron chi connectivity index (χ3n) is 4.62. The maximum Gasteiger partial charge on any atom is 0.260 e. The number of methoxy groups -OCH3 is 3. The van der Waals surface area contributed by atoms with Crippen LogP contribution in [0.1, 0.15) is 16.7 Å². The van der Waals surface area contributed by atoms with Crippen LogP contribution in [0.4, 0.5) is 5.69 Å². The summed E-state index contributed by atoms with van der Waals surface area (Å²) in [5.74, 6) is 0.721. The first-order valence-electron chi connectivity index (χ1n) is 9.28. The minimum absolute atomic E-state index is 0.407. The Kier molecular flexibility index (Phi) is 7.87. The monoisotopic (exact) mass is 449 g/mol. The van der Waals surface area contributed by atoms with Gasteiger partial charge < -0.3 is 14.2 Å². The molecule has 0 saturated heterocycles. The van der Waals surface area contributed by atoms with Gasteiger partial charge in [-0.25, -0.2) is 13.8 Å². The summed E-state index contributed by atoms with van der Waals surface area (Å²) in [5.41, 5.74) is 5.09. The molecule has 0 bridgehead atoms. The van der Waals surface area contributed by atoms with E-state index in [1.807, 2.05) is 19.9 Å². The van der Waals surface area contributed by atoms with E-state index in [9.17, 15) is 13.2 Å². The number of amides is 1. The summed E-state index contributed by atoms with van der Waals surface area (Å²) in [7, 11) is 0.803. The Bertz CT molecular complexity index is 1060. The second kappa shape index (κ2) is 10.2. The highest BCUT2D eigenvalue weighted by Gasteiger charge is 2.22. The van der Waals surface area contributed by atoms with Gasteiger partial charge in [0.2, 0.25) is 15.8 Å². The fourth-order valence-corrected chi connectivity index (χ4v) is 3.81. The van der Waals surface area contributed by atoms with Gasteiger partial charge >= 0.3 is 0 Å². The lowest BCUT2D eigenvalue weighted by Crippen LogP contribution is -2.39. The number of hydrogen-bond donors (Lipinski definition) is 1. The van der Waals surface area contributed by atoms with Crippen molar-refractivity contribution in [2.45, 2.75) is 13.8 Å². The van der Waals surface area contributed by atoms with Gasteiger partial charge in [0.1, 0.15) is 6.54 Å². The SMILES string of the molecule is COc1cc(/C=N\NC(=O)CN(c2cccc(C)c2C)S(C)(=O)=O)cc(OC)c1OC. The molecule has 9 nitrogen and oxygen atoms in total. The molecule has 0 saturated carbocycles. The lowest BCUT2D eigenvalue weighted by atomic mass is 10.1. The molecule has 31 heavy (non-hydrogen) atoms. The summed E-state index contributed by atoms with van der Waals surface area (Å²) in [4.78, 5) is 12.4. The fourth-order valence-electron chi connectivity index (χ4n) is 2.91. The maximum atomic E-state index is 12.4. The average Bonchev–Trinajstić information content (AvgIpc) is 2.72. The van der Waals surface area contributed by atoms with Crippen molar-refractivity contribution in [2.24, 2.45) is 5.10 Å². The predicted octanol–water partition coefficient (Wildman–Crippen LogP) is 2.25. The van der Waals surface area contributed by atoms with Gasteiger partial charge in [-0.3, -0.25) is 9.10 Å². The molecule has 0 aliphatic heterocycles. The molecule has 2 aromatic rings. The third-order valence-corrected chi connectivity index (χ3v) is 5.75. The van der Waals surface area contributed by atoms with Crippen LogP contribution in [0.15, 0.2) is 35.4 Å². The van der Waals surface area contributed by atoms with E-state index in [1.54, 1.807) is 24.3 Å². The second-order valence-electron chi connectivity index (χ2n) is 6.74. The smallest absolute Gasteiger partial charge is 0.260 e. The number of aryl methyl sites for hydroxylation is 1. The maximum absolute atomic E-state index is 12.4. The predicted molar refractivity (Wildman–Crippen MR) is 120 cm³/mol. The van der Waals surface area contributed by atoms with E-state index in [0.717, 1.165) is 21.7 Å². The molecule has 10 heteroatoms. The molecule has 0 spiro atoms. The number of benzene rings is 2. The van der Waals surface area contributed by atoms with Crippen LogP contribution in [0.2, 0.25) is 0 Å². The molecule has 2 rings (SSSR count). The number of hydrazone groups is 1. The average molecular weight is 450 g/mol. The van der Waals surface area contributed by atoms with Crippen LogP contribution in [0, 0.1) is 13.8 Å². The standard InChI is InChI=1S/C21H27N3O6S/c1-14-8-7-9-17(15(14)2)24(31(6,26)27)13-20(25)23-22-12-16-10-18(28-3)21(30-5)19(11-16)29-4/h7-12H,13H2,1-6H3,(H,23,25)/b22-12-. The van der Waals surface area contributed by atoms with Crippen molar-refractivity contribution in [3.63, 3.8) is 0 Å². The largest absolute Gasteiger partial charge is 0.493 e. The van der Waals surface area contributed by atoms with Crippen LogP contribution in [0.3, 0.4) is 0 Å². The van der Waals surface area contributed by atoms with E-state index in [1.165, 1.54) is 27.5 Å². The lowest BCUT2D eigenvalue weighted by molar-refractivity contribution is -0.119. The Morgan fingerprint density at radius 3 is 2.23 bits per heavy atom. The Labute approximate surface area is 182 Å². The van der Waals surface area contributed by atoms with E-state index in [-0.39, 0.29) is 0 Å². The molecule has 0 aliphatic rings. The number of nitrogens with zero attached hydrogens (tertiary/aromatic N) is 2. The molecule has 0 heterocycles. The molecular formula is C21H27N3O6S. The summed E-state index contributed by atoms with van der Waals surface area (Å²) < 4.78 is 41.5. The summed E-state index contributed by atoms with van der Waals surface area (Å²) >= 11 is 0. The van der Waals surface area contributed by atoms with Crippen molar-refractivity contribution >= 4 is 27.8 Å². The highest BCUT2D eigenvalue weighted by atomic mass is 32.2. The highest BCUT2D eigenvalue weighted by Crippen LogP contribution is 2.37. The molecular weight excluding hydrogens is 422 g/mol. The number of carbonyl (C=O) groups is 1. The van der Waals surface area contributed by atoms with E-state index in [0.29, 0.717) is 28.5 Å². The van der Waals surface area contributed by atoms with E-state index >= 15 is 0 Å². The number of hydrogen-bond acceptors (Lipinski definition) is 7. The van der Waals surface area contributed by atoms with Crippen LogP contribution in [0.25, 0.3) is 0 Å². The van der Waals surface area contributed by atoms with E-state index in [4.69, 9.17) is 14.2 Å². The van der Waals surface area contributed by atoms with Gasteiger partial charge in [-0.05, 0) is 43.2 Å². The Morgan fingerprint density at radius 1 is 1.10 bits per heavy atom. The first kappa shape index (κ1) is 24.0. The zero-order chi connectivity index (χ0) is 23.2. The van der Waals surface area contributed by atoms with Gasteiger partial charge in [0.25, 0.3) is 5.91 Å². The van der Waals surface area contributed by atoms with Gasteiger partial charge in [0, 0.05) is 5.56 Å². The Morgan fingerprint density at radius 2 is 1.71 bits per heavy atom. The summed E-state index contributed by atoms with van der Waals surface area (Å²) in [5, 5.41) is 3.92. The van der Waals surface area contributed by atoms with Crippen molar-refractivity contribution in [1.82, 2.24) is 5.43 Å². The highest BCUT2D eigenvalue weighted by molar-refractivity contribution is 7.92. The normalized spacial score (nSPS) is 11.3. The van der Waals surface area contributed by atoms with Crippen molar-refractivity contribution in [2.75, 3.05) is 38.4 Å². The molecule has 0 fully saturated rings. The number of anilines is 1. The topological polar surface area (TPSA) is 107 Å². The van der Waals surface area contributed by atoms with Gasteiger partial charge in [-0.1, -0.05) is 12.1 Å². The molecule has 0 atom stereocenters. The first-order chi connectivity index (χ1) is 14.6. The molecule has 0 unspecified atom stereocenters. The molecule has 2 aromatic carbocycles. The van der Waals surface area contributed by atoms with Gasteiger partial charge in [-0.2, -0.15) is 5.10 Å². The Balaban J connectivity index is 2.19. The molecule has 0 radical (unpaired) electrons. The molecule has 0 aromatic heterocycles. The second-order valence-corrected chi connectivity index (χ2v) is 8.65. The molecule has 0 aliphatic carbocycles. The number of nitrogens with one attached hydrogen (secondary N) is 1. The molecule has 1 amide bonds. The van der Waals surface area contributed by atoms with E-state index < -0.39 is 22.5 Å². The van der Waals surface area contributed by atoms with Crippen LogP contribution in [0.5, 0.6) is 17.2 Å². The third kappa shape index (κ3) is 5.88. The number of ether oxygens (including phenoxy) is 3. The van der Waals surface area contributed by atoms with Crippen LogP contribution >= 0.6 is 0 Å². The van der Waals surface area contributed by atoms with Crippen molar-refractivity contribution < 1.29 is 27.4 Å². The molecule has 168 valence electrons. The first-order valence-corrected chi connectivity index (χ1v) is 11.1. The number of sulfonamides is 1. The van der Waals surface area contributed by atoms with Gasteiger partial charge in [-0.15, -0.1) is 0 Å². The zero-order valence-corrected chi connectivity index (χ0v) is 19.2. The summed E-state index contributed by atoms with van der Waals surface area (Å²) in [6, 6.07) is 8.61. The van der Waals surface area contributed by atoms with Crippen LogP contribution in [-0.4, -0.2) is 54.7 Å². The van der Waals surface area contributed by atoms with Crippen molar-refractivity contribution in [3.05, 3.63) is 47.0 Å². The van der Waals surface area contributed by atoms with Crippen LogP contribution in [-0.2, 0) is 14.8 Å². The quantitative estimate of drug-likeness (QED) is 0.465. The van der Waals surface area contributed by atoms with Crippen molar-refractivity contribution in [3.8, 4) is 17.2 Å². The minimum Gasteiger partial charge on any atom is -0.493 e. The van der Waals surface area contributed by atoms with Crippen LogP contribution < -0.4 is 23.9 Å². The minimum atomic E-state index is -3.68. The number of carbonyl (C=O) groups excluding carboxylic acids is 1. The van der Waals surface area contributed by atoms with Crippen molar-refractivity contribution in [1.29, 1.82) is 0 Å². The summed E-state index contributed by atoms with van der Waals surface area (Å²) in [6.45, 7) is 3.28. The van der Waals surface area contributed by atoms with E-state index in [2.05, 4.69) is 10.5 Å². The van der Waals surface area contributed by atoms with Gasteiger partial charge in [0.15, 0.2) is 11.5 Å². The van der Waals surface area contributed by atoms with Gasteiger partial charge in [0.05, 0.1) is 39.5 Å². The number of rotatable bonds is 9. The Hall–Kier alpha value is -3.27. The zero-order valence-electron chi connectivity index (χ0n) is 18.4.